The zero-order valence-corrected chi connectivity index (χ0v) is 13.6. The smallest absolute Gasteiger partial charge is 0.261 e. The van der Waals surface area contributed by atoms with Crippen LogP contribution in [0.25, 0.3) is 0 Å². The fourth-order valence-electron chi connectivity index (χ4n) is 2.32. The van der Waals surface area contributed by atoms with E-state index < -0.39 is 0 Å². The number of carbonyl (C=O) groups is 2. The number of hydrogen-bond donors (Lipinski definition) is 1. The third-order valence-corrected chi connectivity index (χ3v) is 4.61. The number of benzene rings is 1. The summed E-state index contributed by atoms with van der Waals surface area (Å²) in [5, 5.41) is 2.67. The van der Waals surface area contributed by atoms with Crippen molar-refractivity contribution in [2.75, 3.05) is 19.6 Å². The van der Waals surface area contributed by atoms with E-state index in [2.05, 4.69) is 5.32 Å². The fraction of sp³-hybridized carbons (Fsp3) is 0.294. The minimum absolute atomic E-state index is 0.0217. The number of nitrogens with zero attached hydrogens (tertiary/aromatic N) is 1. The van der Waals surface area contributed by atoms with Gasteiger partial charge in [0.1, 0.15) is 11.9 Å². The summed E-state index contributed by atoms with van der Waals surface area (Å²) in [6, 6.07) is 13.2. The Balaban J connectivity index is 1.40. The van der Waals surface area contributed by atoms with Crippen molar-refractivity contribution in [1.29, 1.82) is 0 Å². The molecule has 0 spiro atoms. The molecule has 0 radical (unpaired) electrons. The largest absolute Gasteiger partial charge is 0.487 e. The van der Waals surface area contributed by atoms with Crippen LogP contribution in [0.2, 0.25) is 0 Å². The predicted octanol–water partition coefficient (Wildman–Crippen LogP) is 2.08. The maximum absolute atomic E-state index is 12.0. The van der Waals surface area contributed by atoms with Gasteiger partial charge >= 0.3 is 0 Å². The number of hydrogen-bond acceptors (Lipinski definition) is 4. The summed E-state index contributed by atoms with van der Waals surface area (Å²) in [4.78, 5) is 27.3. The molecule has 2 heterocycles. The molecule has 0 aliphatic carbocycles. The molecule has 0 atom stereocenters. The van der Waals surface area contributed by atoms with E-state index >= 15 is 0 Å². The third-order valence-electron chi connectivity index (χ3n) is 3.61. The van der Waals surface area contributed by atoms with Gasteiger partial charge < -0.3 is 15.0 Å². The van der Waals surface area contributed by atoms with Gasteiger partial charge in [0.25, 0.3) is 5.91 Å². The van der Waals surface area contributed by atoms with Gasteiger partial charge in [0.2, 0.25) is 5.91 Å². The summed E-state index contributed by atoms with van der Waals surface area (Å²) >= 11 is 1.42. The quantitative estimate of drug-likeness (QED) is 0.913. The SMILES string of the molecule is Cc1ccc(C(=O)NCC(=O)N2CC(Oc3ccccc3)C2)s1. The molecule has 0 saturated carbocycles. The summed E-state index contributed by atoms with van der Waals surface area (Å²) < 4.78 is 5.75. The minimum Gasteiger partial charge on any atom is -0.487 e. The third kappa shape index (κ3) is 3.90. The number of thiophene rings is 1. The number of para-hydroxylation sites is 1. The normalized spacial score (nSPS) is 14.2. The number of nitrogens with one attached hydrogen (secondary N) is 1. The first-order chi connectivity index (χ1) is 11.1. The maximum atomic E-state index is 12.0. The number of aryl methyl sites for hydroxylation is 1. The number of rotatable bonds is 5. The second kappa shape index (κ2) is 6.83. The van der Waals surface area contributed by atoms with E-state index in [1.54, 1.807) is 11.0 Å². The van der Waals surface area contributed by atoms with Gasteiger partial charge in [0.05, 0.1) is 24.5 Å². The van der Waals surface area contributed by atoms with Gasteiger partial charge in [-0.15, -0.1) is 11.3 Å². The molecule has 1 aromatic carbocycles. The van der Waals surface area contributed by atoms with Crippen LogP contribution in [-0.4, -0.2) is 42.5 Å². The first-order valence-electron chi connectivity index (χ1n) is 7.46. The molecule has 2 amide bonds. The van der Waals surface area contributed by atoms with Crippen LogP contribution in [0.5, 0.6) is 5.75 Å². The maximum Gasteiger partial charge on any atom is 0.261 e. The van der Waals surface area contributed by atoms with Gasteiger partial charge in [-0.3, -0.25) is 9.59 Å². The molecule has 5 nitrogen and oxygen atoms in total. The Kier molecular flexibility index (Phi) is 4.62. The molecule has 0 unspecified atom stereocenters. The van der Waals surface area contributed by atoms with E-state index in [-0.39, 0.29) is 24.5 Å². The van der Waals surface area contributed by atoms with Gasteiger partial charge in [-0.05, 0) is 31.2 Å². The van der Waals surface area contributed by atoms with Crippen LogP contribution >= 0.6 is 11.3 Å². The van der Waals surface area contributed by atoms with Gasteiger partial charge in [-0.2, -0.15) is 0 Å². The van der Waals surface area contributed by atoms with Crippen molar-refractivity contribution in [2.24, 2.45) is 0 Å². The van der Waals surface area contributed by atoms with Crippen LogP contribution in [0.4, 0.5) is 0 Å². The van der Waals surface area contributed by atoms with Crippen molar-refractivity contribution >= 4 is 23.2 Å². The van der Waals surface area contributed by atoms with E-state index in [9.17, 15) is 9.59 Å². The highest BCUT2D eigenvalue weighted by Crippen LogP contribution is 2.18. The molecule has 0 bridgehead atoms. The zero-order chi connectivity index (χ0) is 16.2. The number of ether oxygens (including phenoxy) is 1. The molecule has 120 valence electrons. The molecule has 2 aromatic rings. The first-order valence-corrected chi connectivity index (χ1v) is 8.27. The molecule has 1 saturated heterocycles. The molecular weight excluding hydrogens is 312 g/mol. The zero-order valence-electron chi connectivity index (χ0n) is 12.8. The fourth-order valence-corrected chi connectivity index (χ4v) is 3.10. The lowest BCUT2D eigenvalue weighted by Crippen LogP contribution is -2.58. The van der Waals surface area contributed by atoms with E-state index in [4.69, 9.17) is 4.74 Å². The second-order valence-electron chi connectivity index (χ2n) is 5.44. The van der Waals surface area contributed by atoms with Crippen molar-refractivity contribution in [3.8, 4) is 5.75 Å². The highest BCUT2D eigenvalue weighted by atomic mass is 32.1. The number of amides is 2. The standard InChI is InChI=1S/C17H18N2O3S/c1-12-7-8-15(23-12)17(21)18-9-16(20)19-10-14(11-19)22-13-5-3-2-4-6-13/h2-8,14H,9-11H2,1H3,(H,18,21). The van der Waals surface area contributed by atoms with Gasteiger partial charge in [0, 0.05) is 4.88 Å². The Hall–Kier alpha value is -2.34. The van der Waals surface area contributed by atoms with Crippen molar-refractivity contribution in [3.05, 3.63) is 52.2 Å². The van der Waals surface area contributed by atoms with Crippen molar-refractivity contribution in [3.63, 3.8) is 0 Å². The molecular formula is C17H18N2O3S. The molecule has 3 rings (SSSR count). The van der Waals surface area contributed by atoms with Crippen LogP contribution in [0.1, 0.15) is 14.5 Å². The predicted molar refractivity (Wildman–Crippen MR) is 88.8 cm³/mol. The van der Waals surface area contributed by atoms with Gasteiger partial charge in [-0.25, -0.2) is 0 Å². The highest BCUT2D eigenvalue weighted by Gasteiger charge is 2.32. The Morgan fingerprint density at radius 3 is 2.61 bits per heavy atom. The second-order valence-corrected chi connectivity index (χ2v) is 6.73. The van der Waals surface area contributed by atoms with E-state index in [0.29, 0.717) is 18.0 Å². The lowest BCUT2D eigenvalue weighted by atomic mass is 10.1. The van der Waals surface area contributed by atoms with Crippen LogP contribution in [0, 0.1) is 6.92 Å². The minimum atomic E-state index is -0.200. The van der Waals surface area contributed by atoms with Crippen molar-refractivity contribution < 1.29 is 14.3 Å². The van der Waals surface area contributed by atoms with Crippen LogP contribution in [-0.2, 0) is 4.79 Å². The van der Waals surface area contributed by atoms with Crippen molar-refractivity contribution in [2.45, 2.75) is 13.0 Å². The number of carbonyl (C=O) groups excluding carboxylic acids is 2. The lowest BCUT2D eigenvalue weighted by molar-refractivity contribution is -0.138. The van der Waals surface area contributed by atoms with Gasteiger partial charge in [-0.1, -0.05) is 18.2 Å². The van der Waals surface area contributed by atoms with E-state index in [0.717, 1.165) is 10.6 Å². The monoisotopic (exact) mass is 330 g/mol. The molecule has 1 fully saturated rings. The Morgan fingerprint density at radius 2 is 1.96 bits per heavy atom. The summed E-state index contributed by atoms with van der Waals surface area (Å²) in [5.74, 6) is 0.527. The van der Waals surface area contributed by atoms with E-state index in [1.165, 1.54) is 11.3 Å². The summed E-state index contributed by atoms with van der Waals surface area (Å²) in [6.45, 7) is 3.08. The van der Waals surface area contributed by atoms with E-state index in [1.807, 2.05) is 43.3 Å². The molecule has 23 heavy (non-hydrogen) atoms. The average Bonchev–Trinajstić information content (AvgIpc) is 2.95. The molecule has 1 aliphatic heterocycles. The molecule has 6 heteroatoms. The van der Waals surface area contributed by atoms with Gasteiger partial charge in [0.15, 0.2) is 0 Å². The summed E-state index contributed by atoms with van der Waals surface area (Å²) in [6.07, 6.45) is 0.0250. The average molecular weight is 330 g/mol. The Bertz CT molecular complexity index is 693. The van der Waals surface area contributed by atoms with Crippen LogP contribution < -0.4 is 10.1 Å². The Labute approximate surface area is 138 Å². The van der Waals surface area contributed by atoms with Crippen LogP contribution in [0.3, 0.4) is 0 Å². The van der Waals surface area contributed by atoms with Crippen molar-refractivity contribution in [1.82, 2.24) is 10.2 Å². The lowest BCUT2D eigenvalue weighted by Gasteiger charge is -2.39. The summed E-state index contributed by atoms with van der Waals surface area (Å²) in [5.41, 5.74) is 0. The summed E-state index contributed by atoms with van der Waals surface area (Å²) in [7, 11) is 0. The highest BCUT2D eigenvalue weighted by molar-refractivity contribution is 7.13. The van der Waals surface area contributed by atoms with Crippen LogP contribution in [0.15, 0.2) is 42.5 Å². The molecule has 1 N–H and O–H groups in total. The molecule has 1 aliphatic rings. The first kappa shape index (κ1) is 15.6. The molecule has 1 aromatic heterocycles. The number of likely N-dealkylation sites (tertiary alicyclic amines) is 1. The topological polar surface area (TPSA) is 58.6 Å². The Morgan fingerprint density at radius 1 is 1.22 bits per heavy atom.